The summed E-state index contributed by atoms with van der Waals surface area (Å²) >= 11 is 0. The minimum absolute atomic E-state index is 0.205. The summed E-state index contributed by atoms with van der Waals surface area (Å²) in [6.45, 7) is 8.82. The van der Waals surface area contributed by atoms with E-state index in [1.807, 2.05) is 29.6 Å². The highest BCUT2D eigenvalue weighted by molar-refractivity contribution is 5.44. The Morgan fingerprint density at radius 1 is 1.45 bits per heavy atom. The Balaban J connectivity index is 1.63. The third-order valence-corrected chi connectivity index (χ3v) is 3.71. The van der Waals surface area contributed by atoms with Gasteiger partial charge in [-0.05, 0) is 25.6 Å². The number of morpholine rings is 1. The van der Waals surface area contributed by atoms with E-state index in [2.05, 4.69) is 27.2 Å². The molecule has 1 atom stereocenters. The first-order valence-corrected chi connectivity index (χ1v) is 7.16. The highest BCUT2D eigenvalue weighted by atomic mass is 16.5. The fraction of sp³-hybridized carbons (Fsp3) is 0.571. The molecule has 6 heteroatoms. The Morgan fingerprint density at radius 3 is 3.15 bits per heavy atom. The number of fused-ring (bicyclic) bond motifs is 1. The second-order valence-corrected chi connectivity index (χ2v) is 5.14. The average Bonchev–Trinajstić information content (AvgIpc) is 2.90. The molecule has 0 spiro atoms. The van der Waals surface area contributed by atoms with Crippen molar-refractivity contribution in [2.24, 2.45) is 0 Å². The number of aromatic nitrogens is 3. The van der Waals surface area contributed by atoms with Crippen molar-refractivity contribution in [3.63, 3.8) is 0 Å². The molecule has 1 unspecified atom stereocenters. The van der Waals surface area contributed by atoms with Gasteiger partial charge < -0.3 is 10.1 Å². The largest absolute Gasteiger partial charge is 0.374 e. The number of aryl methyl sites for hydroxylation is 1. The Labute approximate surface area is 118 Å². The molecular weight excluding hydrogens is 254 g/mol. The van der Waals surface area contributed by atoms with E-state index < -0.39 is 0 Å². The van der Waals surface area contributed by atoms with E-state index in [1.165, 1.54) is 0 Å². The molecule has 0 aromatic carbocycles. The fourth-order valence-electron chi connectivity index (χ4n) is 2.51. The van der Waals surface area contributed by atoms with Gasteiger partial charge in [-0.3, -0.25) is 4.90 Å². The number of ether oxygens (including phenoxy) is 1. The second kappa shape index (κ2) is 5.76. The van der Waals surface area contributed by atoms with Crippen LogP contribution in [0.3, 0.4) is 0 Å². The van der Waals surface area contributed by atoms with Crippen LogP contribution in [0.15, 0.2) is 18.2 Å². The first-order valence-electron chi connectivity index (χ1n) is 7.16. The number of hydrogen-bond acceptors (Lipinski definition) is 5. The minimum Gasteiger partial charge on any atom is -0.374 e. The molecule has 20 heavy (non-hydrogen) atoms. The van der Waals surface area contributed by atoms with Gasteiger partial charge in [0.05, 0.1) is 12.7 Å². The van der Waals surface area contributed by atoms with Gasteiger partial charge in [-0.2, -0.15) is 4.98 Å². The van der Waals surface area contributed by atoms with E-state index in [-0.39, 0.29) is 6.10 Å². The van der Waals surface area contributed by atoms with Crippen molar-refractivity contribution in [3.05, 3.63) is 23.9 Å². The lowest BCUT2D eigenvalue weighted by molar-refractivity contribution is -0.0192. The summed E-state index contributed by atoms with van der Waals surface area (Å²) in [4.78, 5) is 6.87. The smallest absolute Gasteiger partial charge is 0.243 e. The summed E-state index contributed by atoms with van der Waals surface area (Å²) in [6, 6.07) is 5.97. The SMILES string of the molecule is CCN1CCOC(CNc2nc3cccc(C)n3n2)C1. The van der Waals surface area contributed by atoms with Gasteiger partial charge in [0.25, 0.3) is 0 Å². The number of nitrogens with one attached hydrogen (secondary N) is 1. The van der Waals surface area contributed by atoms with Gasteiger partial charge in [-0.25, -0.2) is 4.52 Å². The lowest BCUT2D eigenvalue weighted by Crippen LogP contribution is -2.45. The summed E-state index contributed by atoms with van der Waals surface area (Å²) in [5.41, 5.74) is 1.95. The van der Waals surface area contributed by atoms with Crippen LogP contribution in [0.4, 0.5) is 5.95 Å². The second-order valence-electron chi connectivity index (χ2n) is 5.14. The van der Waals surface area contributed by atoms with E-state index >= 15 is 0 Å². The maximum atomic E-state index is 5.76. The van der Waals surface area contributed by atoms with Crippen molar-refractivity contribution >= 4 is 11.6 Å². The number of rotatable bonds is 4. The van der Waals surface area contributed by atoms with E-state index in [1.54, 1.807) is 0 Å². The van der Waals surface area contributed by atoms with Gasteiger partial charge in [0.15, 0.2) is 5.65 Å². The summed E-state index contributed by atoms with van der Waals surface area (Å²) in [5.74, 6) is 0.663. The molecule has 0 amide bonds. The van der Waals surface area contributed by atoms with Crippen molar-refractivity contribution in [2.45, 2.75) is 20.0 Å². The molecule has 108 valence electrons. The zero-order chi connectivity index (χ0) is 13.9. The minimum atomic E-state index is 0.205. The first kappa shape index (κ1) is 13.3. The number of pyridine rings is 1. The van der Waals surface area contributed by atoms with Crippen molar-refractivity contribution in [2.75, 3.05) is 38.1 Å². The van der Waals surface area contributed by atoms with Crippen LogP contribution in [-0.2, 0) is 4.74 Å². The van der Waals surface area contributed by atoms with Gasteiger partial charge >= 0.3 is 0 Å². The molecule has 1 fully saturated rings. The van der Waals surface area contributed by atoms with Gasteiger partial charge in [-0.1, -0.05) is 13.0 Å². The maximum Gasteiger partial charge on any atom is 0.243 e. The van der Waals surface area contributed by atoms with Gasteiger partial charge in [-0.15, -0.1) is 5.10 Å². The summed E-state index contributed by atoms with van der Waals surface area (Å²) < 4.78 is 7.61. The van der Waals surface area contributed by atoms with E-state index in [0.717, 1.165) is 44.1 Å². The Morgan fingerprint density at radius 2 is 2.35 bits per heavy atom. The van der Waals surface area contributed by atoms with Crippen LogP contribution in [0.2, 0.25) is 0 Å². The van der Waals surface area contributed by atoms with E-state index in [4.69, 9.17) is 4.74 Å². The van der Waals surface area contributed by atoms with Crippen LogP contribution in [-0.4, -0.2) is 58.4 Å². The zero-order valence-electron chi connectivity index (χ0n) is 12.0. The Kier molecular flexibility index (Phi) is 3.84. The van der Waals surface area contributed by atoms with Crippen LogP contribution in [0.25, 0.3) is 5.65 Å². The summed E-state index contributed by atoms with van der Waals surface area (Å²) in [7, 11) is 0. The fourth-order valence-corrected chi connectivity index (χ4v) is 2.51. The number of likely N-dealkylation sites (N-methyl/N-ethyl adjacent to an activating group) is 1. The molecule has 3 rings (SSSR count). The van der Waals surface area contributed by atoms with E-state index in [0.29, 0.717) is 5.95 Å². The molecule has 1 aliphatic heterocycles. The lowest BCUT2D eigenvalue weighted by atomic mass is 10.2. The van der Waals surface area contributed by atoms with Crippen molar-refractivity contribution < 1.29 is 4.74 Å². The zero-order valence-corrected chi connectivity index (χ0v) is 12.0. The molecule has 0 aliphatic carbocycles. The van der Waals surface area contributed by atoms with E-state index in [9.17, 15) is 0 Å². The molecule has 0 bridgehead atoms. The average molecular weight is 275 g/mol. The van der Waals surface area contributed by atoms with Gasteiger partial charge in [0, 0.05) is 25.3 Å². The van der Waals surface area contributed by atoms with Gasteiger partial charge in [0.2, 0.25) is 5.95 Å². The Hall–Kier alpha value is -1.66. The summed E-state index contributed by atoms with van der Waals surface area (Å²) in [5, 5.41) is 7.74. The molecule has 6 nitrogen and oxygen atoms in total. The molecule has 0 saturated carbocycles. The monoisotopic (exact) mass is 275 g/mol. The molecule has 3 heterocycles. The highest BCUT2D eigenvalue weighted by Gasteiger charge is 2.19. The maximum absolute atomic E-state index is 5.76. The van der Waals surface area contributed by atoms with Gasteiger partial charge in [0.1, 0.15) is 0 Å². The standard InChI is InChI=1S/C14H21N5O/c1-3-18-7-8-20-12(10-18)9-15-14-16-13-6-4-5-11(2)19(13)17-14/h4-6,12H,3,7-10H2,1-2H3,(H,15,17). The molecular formula is C14H21N5O. The van der Waals surface area contributed by atoms with Crippen molar-refractivity contribution in [1.82, 2.24) is 19.5 Å². The molecule has 0 radical (unpaired) electrons. The van der Waals surface area contributed by atoms with Crippen LogP contribution in [0.1, 0.15) is 12.6 Å². The van der Waals surface area contributed by atoms with Crippen LogP contribution in [0.5, 0.6) is 0 Å². The van der Waals surface area contributed by atoms with Crippen LogP contribution < -0.4 is 5.32 Å². The molecule has 1 aliphatic rings. The predicted molar refractivity (Wildman–Crippen MR) is 78.1 cm³/mol. The highest BCUT2D eigenvalue weighted by Crippen LogP contribution is 2.09. The lowest BCUT2D eigenvalue weighted by Gasteiger charge is -2.31. The number of hydrogen-bond donors (Lipinski definition) is 1. The molecule has 1 saturated heterocycles. The number of nitrogens with zero attached hydrogens (tertiary/aromatic N) is 4. The first-order chi connectivity index (χ1) is 9.76. The predicted octanol–water partition coefficient (Wildman–Crippen LogP) is 1.17. The number of anilines is 1. The third-order valence-electron chi connectivity index (χ3n) is 3.71. The molecule has 1 N–H and O–H groups in total. The quantitative estimate of drug-likeness (QED) is 0.908. The van der Waals surface area contributed by atoms with Crippen molar-refractivity contribution in [1.29, 1.82) is 0 Å². The Bertz CT molecular complexity index is 582. The van der Waals surface area contributed by atoms with Crippen LogP contribution >= 0.6 is 0 Å². The molecule has 2 aromatic heterocycles. The van der Waals surface area contributed by atoms with Crippen LogP contribution in [0, 0.1) is 6.92 Å². The normalized spacial score (nSPS) is 20.4. The topological polar surface area (TPSA) is 54.7 Å². The third kappa shape index (κ3) is 2.76. The molecule has 2 aromatic rings. The summed E-state index contributed by atoms with van der Waals surface area (Å²) in [6.07, 6.45) is 0.205. The van der Waals surface area contributed by atoms with Crippen molar-refractivity contribution in [3.8, 4) is 0 Å².